The third kappa shape index (κ3) is 2.83. The minimum absolute atomic E-state index is 0.00820. The van der Waals surface area contributed by atoms with E-state index in [0.29, 0.717) is 29.6 Å². The summed E-state index contributed by atoms with van der Waals surface area (Å²) in [7, 11) is 0. The molecule has 9 atom stereocenters. The van der Waals surface area contributed by atoms with Gasteiger partial charge in [-0.25, -0.2) is 0 Å². The van der Waals surface area contributed by atoms with Gasteiger partial charge in [0.05, 0.1) is 11.5 Å². The van der Waals surface area contributed by atoms with Crippen molar-refractivity contribution in [2.75, 3.05) is 0 Å². The van der Waals surface area contributed by atoms with Gasteiger partial charge in [-0.3, -0.25) is 4.79 Å². The first kappa shape index (κ1) is 20.8. The lowest BCUT2D eigenvalue weighted by atomic mass is 9.48. The highest BCUT2D eigenvalue weighted by Crippen LogP contribution is 2.68. The molecule has 1 saturated heterocycles. The Morgan fingerprint density at radius 1 is 0.967 bits per heavy atom. The van der Waals surface area contributed by atoms with Crippen molar-refractivity contribution in [3.63, 3.8) is 0 Å². The summed E-state index contributed by atoms with van der Waals surface area (Å²) in [6.45, 7) is 6.49. The Morgan fingerprint density at radius 3 is 2.50 bits per heavy atom. The van der Waals surface area contributed by atoms with E-state index in [9.17, 15) is 9.90 Å². The van der Waals surface area contributed by atoms with E-state index in [0.717, 1.165) is 38.5 Å². The van der Waals surface area contributed by atoms with Gasteiger partial charge in [-0.15, -0.1) is 5.16 Å². The molecule has 0 aromatic heterocycles. The lowest BCUT2D eigenvalue weighted by Crippen LogP contribution is -2.58. The van der Waals surface area contributed by atoms with Crippen LogP contribution in [0.25, 0.3) is 0 Å². The molecule has 5 nitrogen and oxygen atoms in total. The number of esters is 1. The molecule has 7 unspecified atom stereocenters. The molecular formula is C25H39NO4. The molecule has 30 heavy (non-hydrogen) atoms. The van der Waals surface area contributed by atoms with Gasteiger partial charge in [-0.1, -0.05) is 6.92 Å². The van der Waals surface area contributed by atoms with Crippen molar-refractivity contribution in [2.45, 2.75) is 96.7 Å². The first-order valence-electron chi connectivity index (χ1n) is 12.3. The smallest absolute Gasteiger partial charge is 0.312 e. The standard InChI is InChI=1S/C25H39NO4/c1-23(2)10-11-25(30-22(23)28)9-7-20-18-5-4-15-13-21(27)16(14-26-29)12-19(15)17(18)6-8-24(20,25)3/h14-21,27,29H,4-13H2,1-3H3/b26-14+/t15?,16?,17?,18?,19?,20?,21?,24-,25+/m0/s1. The zero-order valence-electron chi connectivity index (χ0n) is 18.8. The molecule has 1 spiro atoms. The summed E-state index contributed by atoms with van der Waals surface area (Å²) in [5, 5.41) is 22.8. The fraction of sp³-hybridized carbons (Fsp3) is 0.920. The van der Waals surface area contributed by atoms with E-state index in [1.54, 1.807) is 6.21 Å². The van der Waals surface area contributed by atoms with Crippen molar-refractivity contribution in [1.29, 1.82) is 0 Å². The van der Waals surface area contributed by atoms with E-state index in [-0.39, 0.29) is 34.4 Å². The van der Waals surface area contributed by atoms with Crippen molar-refractivity contribution in [3.05, 3.63) is 0 Å². The van der Waals surface area contributed by atoms with E-state index in [1.807, 2.05) is 13.8 Å². The summed E-state index contributed by atoms with van der Waals surface area (Å²) in [5.74, 6) is 3.29. The van der Waals surface area contributed by atoms with Gasteiger partial charge >= 0.3 is 5.97 Å². The maximum absolute atomic E-state index is 12.8. The van der Waals surface area contributed by atoms with Crippen LogP contribution in [0.3, 0.4) is 0 Å². The molecule has 5 rings (SSSR count). The first-order valence-corrected chi connectivity index (χ1v) is 12.3. The molecule has 0 aromatic rings. The van der Waals surface area contributed by atoms with Crippen LogP contribution in [0.15, 0.2) is 5.16 Å². The lowest BCUT2D eigenvalue weighted by Gasteiger charge is -2.59. The Bertz CT molecular complexity index is 735. The van der Waals surface area contributed by atoms with Gasteiger partial charge < -0.3 is 15.1 Å². The molecule has 5 aliphatic rings. The summed E-state index contributed by atoms with van der Waals surface area (Å²) in [6.07, 6.45) is 12.0. The molecule has 5 heteroatoms. The van der Waals surface area contributed by atoms with Crippen LogP contribution in [-0.2, 0) is 9.53 Å². The molecule has 1 aliphatic heterocycles. The highest BCUT2D eigenvalue weighted by Gasteiger charge is 2.66. The molecular weight excluding hydrogens is 378 g/mol. The summed E-state index contributed by atoms with van der Waals surface area (Å²) in [4.78, 5) is 12.8. The number of oxime groups is 1. The minimum Gasteiger partial charge on any atom is -0.458 e. The molecule has 4 aliphatic carbocycles. The number of hydrogen-bond donors (Lipinski definition) is 2. The van der Waals surface area contributed by atoms with Crippen LogP contribution in [0.1, 0.15) is 85.0 Å². The molecule has 2 N–H and O–H groups in total. The molecule has 0 amide bonds. The second-order valence-corrected chi connectivity index (χ2v) is 12.2. The van der Waals surface area contributed by atoms with Gasteiger partial charge in [-0.05, 0) is 108 Å². The quantitative estimate of drug-likeness (QED) is 0.278. The fourth-order valence-electron chi connectivity index (χ4n) is 8.75. The maximum Gasteiger partial charge on any atom is 0.312 e. The van der Waals surface area contributed by atoms with Gasteiger partial charge in [-0.2, -0.15) is 0 Å². The van der Waals surface area contributed by atoms with E-state index < -0.39 is 0 Å². The van der Waals surface area contributed by atoms with Crippen molar-refractivity contribution in [2.24, 2.45) is 51.5 Å². The van der Waals surface area contributed by atoms with Gasteiger partial charge in [0.2, 0.25) is 0 Å². The van der Waals surface area contributed by atoms with Crippen LogP contribution in [0, 0.1) is 46.3 Å². The SMILES string of the molecule is CC1(C)CC[C@@]2(CCC3C4CCC5CC(O)C(/C=N/O)CC5C4CC[C@@]32C)OC1=O. The molecule has 0 radical (unpaired) electrons. The van der Waals surface area contributed by atoms with Crippen LogP contribution in [0.5, 0.6) is 0 Å². The van der Waals surface area contributed by atoms with Crippen LogP contribution in [-0.4, -0.2) is 34.2 Å². The van der Waals surface area contributed by atoms with Gasteiger partial charge in [0.25, 0.3) is 0 Å². The second-order valence-electron chi connectivity index (χ2n) is 12.2. The number of fused-ring (bicyclic) bond motifs is 6. The highest BCUT2D eigenvalue weighted by molar-refractivity contribution is 5.77. The summed E-state index contributed by atoms with van der Waals surface area (Å²) >= 11 is 0. The van der Waals surface area contributed by atoms with Crippen LogP contribution < -0.4 is 0 Å². The second kappa shape index (κ2) is 6.95. The Hall–Kier alpha value is -1.10. The summed E-state index contributed by atoms with van der Waals surface area (Å²) in [5.41, 5.74) is -0.491. The number of carbonyl (C=O) groups is 1. The summed E-state index contributed by atoms with van der Waals surface area (Å²) < 4.78 is 6.35. The van der Waals surface area contributed by atoms with Crippen LogP contribution in [0.4, 0.5) is 0 Å². The first-order chi connectivity index (χ1) is 14.2. The van der Waals surface area contributed by atoms with E-state index in [2.05, 4.69) is 12.1 Å². The zero-order valence-corrected chi connectivity index (χ0v) is 18.8. The zero-order chi connectivity index (χ0) is 21.3. The number of carbonyl (C=O) groups excluding carboxylic acids is 1. The largest absolute Gasteiger partial charge is 0.458 e. The highest BCUT2D eigenvalue weighted by atomic mass is 16.6. The third-order valence-electron chi connectivity index (χ3n) is 10.6. The predicted molar refractivity (Wildman–Crippen MR) is 114 cm³/mol. The maximum atomic E-state index is 12.8. The van der Waals surface area contributed by atoms with Crippen LogP contribution in [0.2, 0.25) is 0 Å². The number of rotatable bonds is 1. The fourth-order valence-corrected chi connectivity index (χ4v) is 8.75. The number of aliphatic hydroxyl groups is 1. The topological polar surface area (TPSA) is 79.1 Å². The molecule has 0 aromatic carbocycles. The molecule has 5 fully saturated rings. The van der Waals surface area contributed by atoms with Gasteiger partial charge in [0.15, 0.2) is 0 Å². The Morgan fingerprint density at radius 2 is 1.77 bits per heavy atom. The predicted octanol–water partition coefficient (Wildman–Crippen LogP) is 4.79. The van der Waals surface area contributed by atoms with E-state index in [1.165, 1.54) is 25.7 Å². The normalized spacial score (nSPS) is 52.5. The van der Waals surface area contributed by atoms with E-state index in [4.69, 9.17) is 9.94 Å². The lowest BCUT2D eigenvalue weighted by molar-refractivity contribution is -0.210. The Balaban J connectivity index is 1.38. The van der Waals surface area contributed by atoms with Crippen molar-refractivity contribution < 1.29 is 19.8 Å². The minimum atomic E-state index is -0.368. The number of ether oxygens (including phenoxy) is 1. The van der Waals surface area contributed by atoms with Gasteiger partial charge in [0.1, 0.15) is 5.60 Å². The monoisotopic (exact) mass is 417 g/mol. The third-order valence-corrected chi connectivity index (χ3v) is 10.6. The summed E-state index contributed by atoms with van der Waals surface area (Å²) in [6, 6.07) is 0. The Labute approximate surface area is 180 Å². The average molecular weight is 418 g/mol. The van der Waals surface area contributed by atoms with Crippen LogP contribution >= 0.6 is 0 Å². The Kier molecular flexibility index (Phi) is 4.81. The molecule has 0 bridgehead atoms. The van der Waals surface area contributed by atoms with Crippen molar-refractivity contribution in [1.82, 2.24) is 0 Å². The molecule has 1 heterocycles. The van der Waals surface area contributed by atoms with Gasteiger partial charge in [0, 0.05) is 17.5 Å². The van der Waals surface area contributed by atoms with Crippen molar-refractivity contribution >= 4 is 12.2 Å². The molecule has 4 saturated carbocycles. The number of aliphatic hydroxyl groups excluding tert-OH is 1. The number of nitrogens with zero attached hydrogens (tertiary/aromatic N) is 1. The van der Waals surface area contributed by atoms with Crippen molar-refractivity contribution in [3.8, 4) is 0 Å². The van der Waals surface area contributed by atoms with E-state index >= 15 is 0 Å². The average Bonchev–Trinajstić information content (AvgIpc) is 2.98. The number of hydrogen-bond acceptors (Lipinski definition) is 5. The molecule has 168 valence electrons.